The van der Waals surface area contributed by atoms with Gasteiger partial charge in [-0.2, -0.15) is 0 Å². The van der Waals surface area contributed by atoms with Crippen molar-refractivity contribution in [2.24, 2.45) is 4.99 Å². The first kappa shape index (κ1) is 28.2. The van der Waals surface area contributed by atoms with Crippen LogP contribution < -0.4 is 0 Å². The summed E-state index contributed by atoms with van der Waals surface area (Å²) in [7, 11) is 2.18. The average molecular weight is 600 g/mol. The molecule has 46 heavy (non-hydrogen) atoms. The van der Waals surface area contributed by atoms with Crippen molar-refractivity contribution >= 4 is 17.1 Å². The topological polar surface area (TPSA) is 45.8 Å². The monoisotopic (exact) mass is 599 g/mol. The van der Waals surface area contributed by atoms with E-state index < -0.39 is 0 Å². The normalized spacial score (nSPS) is 20.0. The Morgan fingerprint density at radius 1 is 0.804 bits per heavy atom. The van der Waals surface area contributed by atoms with Crippen LogP contribution in [-0.2, 0) is 12.8 Å². The van der Waals surface area contributed by atoms with Crippen LogP contribution in [0.5, 0.6) is 0 Å². The predicted molar refractivity (Wildman–Crippen MR) is 188 cm³/mol. The number of rotatable bonds is 3. The van der Waals surface area contributed by atoms with Gasteiger partial charge in [0, 0.05) is 25.0 Å². The average Bonchev–Trinajstić information content (AvgIpc) is 3.34. The Hall–Kier alpha value is -5.29. The SMILES string of the molecule is CC1/C=C\CCCc2nc3ccccn3c2C(c2ccc(-c3ccc(C4C=CC5=C(c6ncccc6CC=C5)N4C)cc3)cc2)=N1. The van der Waals surface area contributed by atoms with Gasteiger partial charge in [-0.15, -0.1) is 0 Å². The summed E-state index contributed by atoms with van der Waals surface area (Å²) in [5, 5.41) is 0. The molecule has 5 nitrogen and oxygen atoms in total. The minimum Gasteiger partial charge on any atom is -0.362 e. The van der Waals surface area contributed by atoms with Crippen molar-refractivity contribution in [3.8, 4) is 11.1 Å². The highest BCUT2D eigenvalue weighted by Crippen LogP contribution is 2.38. The lowest BCUT2D eigenvalue weighted by atomic mass is 9.94. The molecule has 2 atom stereocenters. The number of aryl methyl sites for hydroxylation is 1. The zero-order valence-corrected chi connectivity index (χ0v) is 26.3. The molecule has 0 fully saturated rings. The van der Waals surface area contributed by atoms with Gasteiger partial charge in [-0.1, -0.05) is 97.1 Å². The van der Waals surface area contributed by atoms with E-state index in [0.29, 0.717) is 0 Å². The number of likely N-dealkylation sites (N-methyl/N-ethyl adjacent to an activating group) is 1. The molecule has 2 aromatic carbocycles. The number of benzene rings is 2. The quantitative estimate of drug-likeness (QED) is 0.195. The largest absolute Gasteiger partial charge is 0.362 e. The second kappa shape index (κ2) is 11.9. The van der Waals surface area contributed by atoms with Gasteiger partial charge in [0.2, 0.25) is 0 Å². The molecule has 2 unspecified atom stereocenters. The van der Waals surface area contributed by atoms with Crippen LogP contribution in [0.15, 0.2) is 138 Å². The van der Waals surface area contributed by atoms with Gasteiger partial charge in [-0.25, -0.2) is 4.98 Å². The Labute approximate surface area is 270 Å². The summed E-state index contributed by atoms with van der Waals surface area (Å²) in [6.07, 6.45) is 21.5. The number of fused-ring (bicyclic) bond motifs is 5. The van der Waals surface area contributed by atoms with Crippen LogP contribution in [0, 0.1) is 0 Å². The summed E-state index contributed by atoms with van der Waals surface area (Å²) in [5.41, 5.74) is 13.7. The third kappa shape index (κ3) is 5.12. The maximum Gasteiger partial charge on any atom is 0.137 e. The maximum atomic E-state index is 5.24. The first-order chi connectivity index (χ1) is 22.6. The molecule has 0 radical (unpaired) electrons. The molecule has 2 aliphatic heterocycles. The molecule has 5 aromatic rings. The van der Waals surface area contributed by atoms with Crippen molar-refractivity contribution in [2.45, 2.75) is 44.7 Å². The van der Waals surface area contributed by atoms with Gasteiger partial charge in [-0.05, 0) is 78.6 Å². The van der Waals surface area contributed by atoms with Gasteiger partial charge in [0.15, 0.2) is 0 Å². The summed E-state index contributed by atoms with van der Waals surface area (Å²) in [4.78, 5) is 17.4. The number of nitrogens with zero attached hydrogens (tertiary/aromatic N) is 5. The molecule has 8 rings (SSSR count). The fourth-order valence-electron chi connectivity index (χ4n) is 7.01. The zero-order valence-electron chi connectivity index (χ0n) is 26.3. The number of hydrogen-bond acceptors (Lipinski definition) is 4. The van der Waals surface area contributed by atoms with E-state index in [2.05, 4.69) is 139 Å². The summed E-state index contributed by atoms with van der Waals surface area (Å²) in [6.45, 7) is 2.16. The minimum absolute atomic E-state index is 0.0829. The lowest BCUT2D eigenvalue weighted by Crippen LogP contribution is -2.26. The third-order valence-corrected chi connectivity index (χ3v) is 9.35. The Kier molecular flexibility index (Phi) is 7.30. The van der Waals surface area contributed by atoms with Crippen LogP contribution in [-0.4, -0.2) is 38.1 Å². The molecule has 5 heterocycles. The van der Waals surface area contributed by atoms with Crippen LogP contribution in [0.4, 0.5) is 0 Å². The zero-order chi connectivity index (χ0) is 31.0. The standard InChI is InChI=1S/C41H37N5/c1-28-10-4-3-5-14-35-41(46-27-7-6-15-37(46)44-35)39(43-28)33-22-18-30(19-23-33)29-16-20-31(21-17-29)36-25-24-34-12-8-11-32-13-9-26-42-38(32)40(34)45(36)2/h4,6-10,12-13,15-28,36H,3,5,11,14H2,1-2H3/b10-4-,43-39?. The number of pyridine rings is 2. The number of aliphatic imine (C=N–C) groups is 1. The number of hydrogen-bond donors (Lipinski definition) is 0. The Morgan fingerprint density at radius 2 is 1.61 bits per heavy atom. The van der Waals surface area contributed by atoms with E-state index in [4.69, 9.17) is 15.0 Å². The Bertz CT molecular complexity index is 2070. The molecule has 0 spiro atoms. The van der Waals surface area contributed by atoms with Gasteiger partial charge in [0.05, 0.1) is 40.6 Å². The summed E-state index contributed by atoms with van der Waals surface area (Å²) >= 11 is 0. The summed E-state index contributed by atoms with van der Waals surface area (Å²) in [5.74, 6) is 0. The first-order valence-electron chi connectivity index (χ1n) is 16.3. The van der Waals surface area contributed by atoms with Crippen molar-refractivity contribution < 1.29 is 0 Å². The van der Waals surface area contributed by atoms with E-state index in [1.807, 2.05) is 12.3 Å². The molecule has 0 saturated carbocycles. The molecule has 0 N–H and O–H groups in total. The summed E-state index contributed by atoms with van der Waals surface area (Å²) < 4.78 is 2.20. The first-order valence-corrected chi connectivity index (χ1v) is 16.3. The molecular formula is C41H37N5. The minimum atomic E-state index is 0.0829. The molecule has 1 aliphatic carbocycles. The van der Waals surface area contributed by atoms with Crippen molar-refractivity contribution in [3.63, 3.8) is 0 Å². The highest BCUT2D eigenvalue weighted by Gasteiger charge is 2.27. The number of imidazole rings is 1. The predicted octanol–water partition coefficient (Wildman–Crippen LogP) is 8.58. The third-order valence-electron chi connectivity index (χ3n) is 9.35. The van der Waals surface area contributed by atoms with Gasteiger partial charge in [0.25, 0.3) is 0 Å². The van der Waals surface area contributed by atoms with Crippen LogP contribution >= 0.6 is 0 Å². The van der Waals surface area contributed by atoms with E-state index in [1.165, 1.54) is 33.5 Å². The fraction of sp³-hybridized carbons (Fsp3) is 0.195. The maximum absolute atomic E-state index is 5.24. The molecule has 0 saturated heterocycles. The van der Waals surface area contributed by atoms with E-state index in [0.717, 1.165) is 59.7 Å². The molecule has 226 valence electrons. The van der Waals surface area contributed by atoms with Gasteiger partial charge in [-0.3, -0.25) is 14.4 Å². The number of allylic oxidation sites excluding steroid dienone is 5. The van der Waals surface area contributed by atoms with E-state index in [1.54, 1.807) is 0 Å². The molecular weight excluding hydrogens is 562 g/mol. The Morgan fingerprint density at radius 3 is 2.46 bits per heavy atom. The molecule has 3 aromatic heterocycles. The van der Waals surface area contributed by atoms with Crippen LogP contribution in [0.3, 0.4) is 0 Å². The second-order valence-electron chi connectivity index (χ2n) is 12.4. The van der Waals surface area contributed by atoms with Crippen LogP contribution in [0.2, 0.25) is 0 Å². The summed E-state index contributed by atoms with van der Waals surface area (Å²) in [6, 6.07) is 28.5. The van der Waals surface area contributed by atoms with Crippen LogP contribution in [0.1, 0.15) is 59.6 Å². The molecule has 5 heteroatoms. The second-order valence-corrected chi connectivity index (χ2v) is 12.4. The molecule has 0 amide bonds. The highest BCUT2D eigenvalue weighted by atomic mass is 15.2. The van der Waals surface area contributed by atoms with Crippen molar-refractivity contribution in [1.82, 2.24) is 19.3 Å². The van der Waals surface area contributed by atoms with Crippen molar-refractivity contribution in [3.05, 3.63) is 167 Å². The van der Waals surface area contributed by atoms with Gasteiger partial charge >= 0.3 is 0 Å². The molecule has 0 bridgehead atoms. The van der Waals surface area contributed by atoms with E-state index in [-0.39, 0.29) is 12.1 Å². The van der Waals surface area contributed by atoms with Crippen LogP contribution in [0.25, 0.3) is 22.5 Å². The Balaban J connectivity index is 1.09. The van der Waals surface area contributed by atoms with Gasteiger partial charge < -0.3 is 4.90 Å². The smallest absolute Gasteiger partial charge is 0.137 e. The van der Waals surface area contributed by atoms with Crippen molar-refractivity contribution in [2.75, 3.05) is 7.05 Å². The number of aromatic nitrogens is 3. The van der Waals surface area contributed by atoms with Crippen molar-refractivity contribution in [1.29, 1.82) is 0 Å². The van der Waals surface area contributed by atoms with E-state index in [9.17, 15) is 0 Å². The lowest BCUT2D eigenvalue weighted by Gasteiger charge is -2.34. The fourth-order valence-corrected chi connectivity index (χ4v) is 7.01. The van der Waals surface area contributed by atoms with Gasteiger partial charge in [0.1, 0.15) is 5.65 Å². The van der Waals surface area contributed by atoms with E-state index >= 15 is 0 Å². The highest BCUT2D eigenvalue weighted by molar-refractivity contribution is 6.13. The lowest BCUT2D eigenvalue weighted by molar-refractivity contribution is 0.408. The molecule has 3 aliphatic rings.